The summed E-state index contributed by atoms with van der Waals surface area (Å²) in [5.41, 5.74) is 5.50. The maximum atomic E-state index is 12.1. The lowest BCUT2D eigenvalue weighted by molar-refractivity contribution is -0.119. The zero-order chi connectivity index (χ0) is 14.8. The molecule has 0 saturated heterocycles. The molecule has 0 aliphatic heterocycles. The van der Waals surface area contributed by atoms with E-state index in [1.54, 1.807) is 24.3 Å². The molecule has 106 valence electrons. The van der Waals surface area contributed by atoms with Crippen LogP contribution in [0.25, 0.3) is 11.0 Å². The monoisotopic (exact) mass is 302 g/mol. The van der Waals surface area contributed by atoms with E-state index in [0.717, 1.165) is 0 Å². The van der Waals surface area contributed by atoms with Crippen molar-refractivity contribution in [2.75, 3.05) is 6.61 Å². The number of thiazole rings is 1. The van der Waals surface area contributed by atoms with Gasteiger partial charge in [-0.2, -0.15) is 9.61 Å². The highest BCUT2D eigenvalue weighted by Gasteiger charge is 2.07. The fourth-order valence-electron chi connectivity index (χ4n) is 1.80. The molecule has 21 heavy (non-hydrogen) atoms. The summed E-state index contributed by atoms with van der Waals surface area (Å²) >= 11 is 1.23. The van der Waals surface area contributed by atoms with Crippen LogP contribution < -0.4 is 20.6 Å². The maximum Gasteiger partial charge on any atom is 0.291 e. The Bertz CT molecular complexity index is 915. The molecule has 1 aromatic carbocycles. The van der Waals surface area contributed by atoms with E-state index >= 15 is 0 Å². The maximum absolute atomic E-state index is 12.1. The second kappa shape index (κ2) is 5.33. The molecule has 2 N–H and O–H groups in total. The Kier molecular flexibility index (Phi) is 3.36. The Labute approximate surface area is 122 Å². The molecule has 8 heteroatoms. The van der Waals surface area contributed by atoms with E-state index in [0.29, 0.717) is 20.8 Å². The second-order valence-electron chi connectivity index (χ2n) is 4.16. The van der Waals surface area contributed by atoms with Gasteiger partial charge in [0.1, 0.15) is 12.1 Å². The number of nitrogens with two attached hydrogens (primary N) is 1. The number of hydrogen-bond acceptors (Lipinski definition) is 6. The molecule has 0 bridgehead atoms. The van der Waals surface area contributed by atoms with Gasteiger partial charge >= 0.3 is 0 Å². The van der Waals surface area contributed by atoms with Gasteiger partial charge in [-0.25, -0.2) is 4.98 Å². The summed E-state index contributed by atoms with van der Waals surface area (Å²) in [6.07, 6.45) is 3.01. The molecule has 1 amide bonds. The lowest BCUT2D eigenvalue weighted by atomic mass is 10.2. The summed E-state index contributed by atoms with van der Waals surface area (Å²) < 4.78 is 7.05. The first-order chi connectivity index (χ1) is 10.1. The van der Waals surface area contributed by atoms with Crippen LogP contribution in [0.5, 0.6) is 5.75 Å². The lowest BCUT2D eigenvalue weighted by Crippen LogP contribution is -2.24. The number of fused-ring (bicyclic) bond motifs is 1. The Morgan fingerprint density at radius 3 is 3.00 bits per heavy atom. The van der Waals surface area contributed by atoms with Crippen LogP contribution in [0, 0.1) is 0 Å². The summed E-state index contributed by atoms with van der Waals surface area (Å²) in [5.74, 6) is -0.0807. The molecule has 2 aromatic heterocycles. The molecule has 0 saturated carbocycles. The first-order valence-corrected chi connectivity index (χ1v) is 6.81. The normalized spacial score (nSPS) is 11.9. The SMILES string of the molecule is NC(=O)COc1ccccc1/C=c1\sc2ncnn2c1=O. The van der Waals surface area contributed by atoms with Crippen molar-refractivity contribution in [1.29, 1.82) is 0 Å². The number of nitrogens with zero attached hydrogens (tertiary/aromatic N) is 3. The predicted octanol–water partition coefficient (Wildman–Crippen LogP) is -0.437. The molecule has 7 nitrogen and oxygen atoms in total. The van der Waals surface area contributed by atoms with Crippen LogP contribution in [0.3, 0.4) is 0 Å². The number of hydrogen-bond donors (Lipinski definition) is 1. The van der Waals surface area contributed by atoms with E-state index in [4.69, 9.17) is 10.5 Å². The van der Waals surface area contributed by atoms with E-state index in [1.807, 2.05) is 6.07 Å². The van der Waals surface area contributed by atoms with Gasteiger partial charge in [-0.3, -0.25) is 9.59 Å². The fraction of sp³-hybridized carbons (Fsp3) is 0.0769. The van der Waals surface area contributed by atoms with Crippen LogP contribution in [0.2, 0.25) is 0 Å². The highest BCUT2D eigenvalue weighted by atomic mass is 32.1. The molecular weight excluding hydrogens is 292 g/mol. The van der Waals surface area contributed by atoms with Crippen LogP contribution in [-0.2, 0) is 4.79 Å². The fourth-order valence-corrected chi connectivity index (χ4v) is 2.67. The van der Waals surface area contributed by atoms with Crippen molar-refractivity contribution < 1.29 is 9.53 Å². The van der Waals surface area contributed by atoms with E-state index in [-0.39, 0.29) is 12.2 Å². The van der Waals surface area contributed by atoms with Crippen molar-refractivity contribution in [2.24, 2.45) is 5.73 Å². The highest BCUT2D eigenvalue weighted by Crippen LogP contribution is 2.18. The number of amides is 1. The van der Waals surface area contributed by atoms with Gasteiger partial charge in [0.05, 0.1) is 4.53 Å². The minimum Gasteiger partial charge on any atom is -0.483 e. The molecule has 0 aliphatic carbocycles. The molecule has 3 aromatic rings. The number of para-hydroxylation sites is 1. The Balaban J connectivity index is 2.06. The van der Waals surface area contributed by atoms with Crippen LogP contribution in [0.15, 0.2) is 35.4 Å². The summed E-state index contributed by atoms with van der Waals surface area (Å²) in [6, 6.07) is 7.07. The van der Waals surface area contributed by atoms with Gasteiger partial charge in [0.2, 0.25) is 4.96 Å². The van der Waals surface area contributed by atoms with Crippen molar-refractivity contribution in [1.82, 2.24) is 14.6 Å². The average molecular weight is 302 g/mol. The molecule has 0 atom stereocenters. The van der Waals surface area contributed by atoms with Gasteiger partial charge in [-0.15, -0.1) is 0 Å². The molecule has 0 radical (unpaired) electrons. The number of primary amides is 1. The van der Waals surface area contributed by atoms with Crippen LogP contribution in [0.4, 0.5) is 0 Å². The Hall–Kier alpha value is -2.74. The third-order valence-electron chi connectivity index (χ3n) is 2.70. The van der Waals surface area contributed by atoms with E-state index in [1.165, 1.54) is 22.2 Å². The molecular formula is C13H10N4O3S. The van der Waals surface area contributed by atoms with Gasteiger partial charge in [-0.05, 0) is 12.1 Å². The summed E-state index contributed by atoms with van der Waals surface area (Å²) in [4.78, 5) is 27.4. The number of ether oxygens (including phenoxy) is 1. The standard InChI is InChI=1S/C13H10N4O3S/c14-11(18)6-20-9-4-2-1-3-8(9)5-10-12(19)17-13(21-10)15-7-16-17/h1-5,7H,6H2,(H2,14,18)/b10-5-. The van der Waals surface area contributed by atoms with Crippen molar-refractivity contribution in [3.8, 4) is 5.75 Å². The number of carbonyl (C=O) groups excluding carboxylic acids is 1. The third-order valence-corrected chi connectivity index (χ3v) is 3.67. The Morgan fingerprint density at radius 1 is 1.43 bits per heavy atom. The number of aromatic nitrogens is 3. The van der Waals surface area contributed by atoms with E-state index < -0.39 is 5.91 Å². The summed E-state index contributed by atoms with van der Waals surface area (Å²) in [6.45, 7) is -0.218. The zero-order valence-electron chi connectivity index (χ0n) is 10.7. The molecule has 3 rings (SSSR count). The molecule has 2 heterocycles. The van der Waals surface area contributed by atoms with Crippen molar-refractivity contribution in [3.63, 3.8) is 0 Å². The highest BCUT2D eigenvalue weighted by molar-refractivity contribution is 7.15. The lowest BCUT2D eigenvalue weighted by Gasteiger charge is -2.06. The minimum absolute atomic E-state index is 0.218. The first kappa shape index (κ1) is 13.3. The van der Waals surface area contributed by atoms with E-state index in [9.17, 15) is 9.59 Å². The smallest absolute Gasteiger partial charge is 0.291 e. The van der Waals surface area contributed by atoms with Crippen molar-refractivity contribution in [2.45, 2.75) is 0 Å². The molecule has 0 fully saturated rings. The van der Waals surface area contributed by atoms with Crippen molar-refractivity contribution in [3.05, 3.63) is 51.0 Å². The third kappa shape index (κ3) is 2.61. The predicted molar refractivity (Wildman–Crippen MR) is 77.1 cm³/mol. The summed E-state index contributed by atoms with van der Waals surface area (Å²) in [5, 5.41) is 3.85. The first-order valence-electron chi connectivity index (χ1n) is 5.99. The van der Waals surface area contributed by atoms with Crippen LogP contribution >= 0.6 is 11.3 Å². The summed E-state index contributed by atoms with van der Waals surface area (Å²) in [7, 11) is 0. The number of benzene rings is 1. The zero-order valence-corrected chi connectivity index (χ0v) is 11.5. The van der Waals surface area contributed by atoms with Crippen molar-refractivity contribution >= 4 is 28.3 Å². The van der Waals surface area contributed by atoms with Gasteiger partial charge in [0.25, 0.3) is 11.5 Å². The molecule has 0 unspecified atom stereocenters. The van der Waals surface area contributed by atoms with Gasteiger partial charge < -0.3 is 10.5 Å². The topological polar surface area (TPSA) is 99.6 Å². The van der Waals surface area contributed by atoms with Gasteiger partial charge in [0.15, 0.2) is 6.61 Å². The number of rotatable bonds is 4. The van der Waals surface area contributed by atoms with Gasteiger partial charge in [0, 0.05) is 5.56 Å². The molecule has 0 aliphatic rings. The Morgan fingerprint density at radius 2 is 2.24 bits per heavy atom. The van der Waals surface area contributed by atoms with Gasteiger partial charge in [-0.1, -0.05) is 29.5 Å². The quantitative estimate of drug-likeness (QED) is 0.704. The number of carbonyl (C=O) groups is 1. The van der Waals surface area contributed by atoms with Crippen LogP contribution in [0.1, 0.15) is 5.56 Å². The van der Waals surface area contributed by atoms with E-state index in [2.05, 4.69) is 10.1 Å². The largest absolute Gasteiger partial charge is 0.483 e. The van der Waals surface area contributed by atoms with Crippen LogP contribution in [-0.4, -0.2) is 27.1 Å². The molecule has 0 spiro atoms. The minimum atomic E-state index is -0.562. The second-order valence-corrected chi connectivity index (χ2v) is 5.17. The average Bonchev–Trinajstić information content (AvgIpc) is 3.02.